The van der Waals surface area contributed by atoms with Crippen LogP contribution in [-0.2, 0) is 11.3 Å². The highest BCUT2D eigenvalue weighted by molar-refractivity contribution is 5.16. The molecule has 0 radical (unpaired) electrons. The van der Waals surface area contributed by atoms with Crippen LogP contribution in [0.15, 0.2) is 30.3 Å². The maximum absolute atomic E-state index is 6.70. The van der Waals surface area contributed by atoms with Crippen LogP contribution in [0, 0.1) is 0 Å². The average molecular weight is 300 g/mol. The maximum Gasteiger partial charge on any atom is 0.0819 e. The monoisotopic (exact) mass is 300 g/mol. The lowest BCUT2D eigenvalue weighted by Gasteiger charge is -2.50. The Morgan fingerprint density at radius 3 is 2.27 bits per heavy atom. The lowest BCUT2D eigenvalue weighted by atomic mass is 9.80. The normalized spacial score (nSPS) is 34.1. The summed E-state index contributed by atoms with van der Waals surface area (Å²) in [6.45, 7) is 3.31. The zero-order chi connectivity index (χ0) is 15.0. The first-order chi connectivity index (χ1) is 10.7. The van der Waals surface area contributed by atoms with E-state index >= 15 is 0 Å². The van der Waals surface area contributed by atoms with Crippen molar-refractivity contribution in [1.29, 1.82) is 0 Å². The molecule has 2 aliphatic carbocycles. The molecule has 2 saturated carbocycles. The second-order valence-corrected chi connectivity index (χ2v) is 7.66. The van der Waals surface area contributed by atoms with Crippen LogP contribution >= 0.6 is 0 Å². The number of rotatable bonds is 3. The Morgan fingerprint density at radius 2 is 1.68 bits per heavy atom. The summed E-state index contributed by atoms with van der Waals surface area (Å²) >= 11 is 0. The summed E-state index contributed by atoms with van der Waals surface area (Å²) in [7, 11) is 2.09. The van der Waals surface area contributed by atoms with Crippen molar-refractivity contribution in [3.05, 3.63) is 35.9 Å². The predicted octanol–water partition coefficient (Wildman–Crippen LogP) is 2.95. The van der Waals surface area contributed by atoms with Crippen LogP contribution in [0.1, 0.15) is 44.1 Å². The van der Waals surface area contributed by atoms with E-state index < -0.39 is 0 Å². The van der Waals surface area contributed by atoms with E-state index in [9.17, 15) is 0 Å². The molecule has 1 heterocycles. The van der Waals surface area contributed by atoms with Gasteiger partial charge in [0.1, 0.15) is 0 Å². The van der Waals surface area contributed by atoms with E-state index in [1.54, 1.807) is 0 Å². The average Bonchev–Trinajstić information content (AvgIpc) is 3.26. The molecule has 0 unspecified atom stereocenters. The SMILES string of the molecule is CN[C@H]1CC[C@@]2(CC1)CN(Cc1ccccc1)CC1(CC1)O2. The lowest BCUT2D eigenvalue weighted by Crippen LogP contribution is -2.58. The van der Waals surface area contributed by atoms with Gasteiger partial charge in [0.25, 0.3) is 0 Å². The number of benzene rings is 1. The largest absolute Gasteiger partial charge is 0.366 e. The van der Waals surface area contributed by atoms with Gasteiger partial charge in [-0.25, -0.2) is 0 Å². The third-order valence-corrected chi connectivity index (χ3v) is 5.82. The first-order valence-corrected chi connectivity index (χ1v) is 8.85. The molecule has 1 saturated heterocycles. The molecule has 1 aliphatic heterocycles. The van der Waals surface area contributed by atoms with Crippen LogP contribution in [0.4, 0.5) is 0 Å². The second-order valence-electron chi connectivity index (χ2n) is 7.66. The molecule has 3 nitrogen and oxygen atoms in total. The molecule has 0 amide bonds. The van der Waals surface area contributed by atoms with Gasteiger partial charge in [0.15, 0.2) is 0 Å². The Bertz CT molecular complexity index is 503. The molecular weight excluding hydrogens is 272 g/mol. The molecule has 1 aromatic rings. The van der Waals surface area contributed by atoms with Crippen LogP contribution in [0.2, 0.25) is 0 Å². The highest BCUT2D eigenvalue weighted by atomic mass is 16.5. The fraction of sp³-hybridized carbons (Fsp3) is 0.684. The van der Waals surface area contributed by atoms with Crippen LogP contribution in [0.5, 0.6) is 0 Å². The van der Waals surface area contributed by atoms with Gasteiger partial charge >= 0.3 is 0 Å². The van der Waals surface area contributed by atoms with Crippen molar-refractivity contribution in [1.82, 2.24) is 10.2 Å². The summed E-state index contributed by atoms with van der Waals surface area (Å²) in [6, 6.07) is 11.6. The Morgan fingerprint density at radius 1 is 1.05 bits per heavy atom. The predicted molar refractivity (Wildman–Crippen MR) is 88.8 cm³/mol. The topological polar surface area (TPSA) is 24.5 Å². The van der Waals surface area contributed by atoms with Crippen LogP contribution in [-0.4, -0.2) is 42.3 Å². The molecule has 3 aliphatic rings. The molecule has 0 bridgehead atoms. The van der Waals surface area contributed by atoms with Gasteiger partial charge in [-0.1, -0.05) is 30.3 Å². The van der Waals surface area contributed by atoms with E-state index in [0.29, 0.717) is 6.04 Å². The summed E-state index contributed by atoms with van der Waals surface area (Å²) in [5.74, 6) is 0. The Hall–Kier alpha value is -0.900. The van der Waals surface area contributed by atoms with Crippen molar-refractivity contribution in [3.63, 3.8) is 0 Å². The molecule has 3 heteroatoms. The molecule has 0 aromatic heterocycles. The zero-order valence-corrected chi connectivity index (χ0v) is 13.7. The number of nitrogens with one attached hydrogen (secondary N) is 1. The van der Waals surface area contributed by atoms with Gasteiger partial charge in [-0.05, 0) is 51.1 Å². The highest BCUT2D eigenvalue weighted by Gasteiger charge is 2.55. The van der Waals surface area contributed by atoms with E-state index in [0.717, 1.165) is 19.6 Å². The van der Waals surface area contributed by atoms with E-state index in [2.05, 4.69) is 47.6 Å². The molecular formula is C19H28N2O. The van der Waals surface area contributed by atoms with E-state index in [1.807, 2.05) is 0 Å². The van der Waals surface area contributed by atoms with Crippen molar-refractivity contribution in [2.24, 2.45) is 0 Å². The summed E-state index contributed by atoms with van der Waals surface area (Å²) in [5.41, 5.74) is 1.75. The minimum Gasteiger partial charge on any atom is -0.366 e. The van der Waals surface area contributed by atoms with Crippen molar-refractivity contribution in [2.45, 2.75) is 62.3 Å². The molecule has 1 aromatic carbocycles. The minimum atomic E-state index is 0.122. The fourth-order valence-corrected chi connectivity index (χ4v) is 4.44. The molecule has 0 atom stereocenters. The lowest BCUT2D eigenvalue weighted by molar-refractivity contribution is -0.186. The van der Waals surface area contributed by atoms with Gasteiger partial charge in [-0.2, -0.15) is 0 Å². The number of ether oxygens (including phenoxy) is 1. The Labute approximate surface area is 134 Å². The van der Waals surface area contributed by atoms with E-state index in [1.165, 1.54) is 44.1 Å². The number of hydrogen-bond acceptors (Lipinski definition) is 3. The van der Waals surface area contributed by atoms with Crippen molar-refractivity contribution < 1.29 is 4.74 Å². The van der Waals surface area contributed by atoms with Crippen molar-refractivity contribution in [2.75, 3.05) is 20.1 Å². The van der Waals surface area contributed by atoms with E-state index in [-0.39, 0.29) is 11.2 Å². The van der Waals surface area contributed by atoms with Crippen molar-refractivity contribution >= 4 is 0 Å². The van der Waals surface area contributed by atoms with Gasteiger partial charge in [0, 0.05) is 25.7 Å². The van der Waals surface area contributed by atoms with Crippen LogP contribution in [0.3, 0.4) is 0 Å². The molecule has 1 N–H and O–H groups in total. The van der Waals surface area contributed by atoms with Crippen LogP contribution in [0.25, 0.3) is 0 Å². The summed E-state index contributed by atoms with van der Waals surface area (Å²) < 4.78 is 6.70. The summed E-state index contributed by atoms with van der Waals surface area (Å²) in [5, 5.41) is 3.44. The van der Waals surface area contributed by atoms with Gasteiger partial charge < -0.3 is 10.1 Å². The van der Waals surface area contributed by atoms with Gasteiger partial charge in [0.05, 0.1) is 11.2 Å². The highest BCUT2D eigenvalue weighted by Crippen LogP contribution is 2.50. The van der Waals surface area contributed by atoms with Gasteiger partial charge in [-0.3, -0.25) is 4.90 Å². The third kappa shape index (κ3) is 2.94. The quantitative estimate of drug-likeness (QED) is 0.929. The van der Waals surface area contributed by atoms with Gasteiger partial charge in [0.2, 0.25) is 0 Å². The smallest absolute Gasteiger partial charge is 0.0819 e. The second kappa shape index (κ2) is 5.63. The van der Waals surface area contributed by atoms with Crippen molar-refractivity contribution in [3.8, 4) is 0 Å². The number of hydrogen-bond donors (Lipinski definition) is 1. The zero-order valence-electron chi connectivity index (χ0n) is 13.7. The number of morpholine rings is 1. The first kappa shape index (κ1) is 14.7. The molecule has 4 rings (SSSR count). The molecule has 22 heavy (non-hydrogen) atoms. The standard InChI is InChI=1S/C19H28N2O/c1-20-17-7-9-18(10-8-17)14-21(15-19(22-18)11-12-19)13-16-5-3-2-4-6-16/h2-6,17,20H,7-15H2,1H3/t17-,18+. The summed E-state index contributed by atoms with van der Waals surface area (Å²) in [6.07, 6.45) is 7.46. The molecule has 2 spiro atoms. The maximum atomic E-state index is 6.70. The van der Waals surface area contributed by atoms with Gasteiger partial charge in [-0.15, -0.1) is 0 Å². The third-order valence-electron chi connectivity index (χ3n) is 5.82. The Balaban J connectivity index is 1.47. The fourth-order valence-electron chi connectivity index (χ4n) is 4.44. The summed E-state index contributed by atoms with van der Waals surface area (Å²) in [4.78, 5) is 2.66. The molecule has 3 fully saturated rings. The first-order valence-electron chi connectivity index (χ1n) is 8.85. The van der Waals surface area contributed by atoms with Crippen LogP contribution < -0.4 is 5.32 Å². The molecule has 120 valence electrons. The Kier molecular flexibility index (Phi) is 3.75. The number of nitrogens with zero attached hydrogens (tertiary/aromatic N) is 1. The van der Waals surface area contributed by atoms with E-state index in [4.69, 9.17) is 4.74 Å². The minimum absolute atomic E-state index is 0.122.